The second kappa shape index (κ2) is 7.21. The van der Waals surface area contributed by atoms with Crippen molar-refractivity contribution in [3.8, 4) is 0 Å². The van der Waals surface area contributed by atoms with Crippen LogP contribution in [0, 0.1) is 12.7 Å². The minimum Gasteiger partial charge on any atom is -0.468 e. The van der Waals surface area contributed by atoms with E-state index >= 15 is 0 Å². The van der Waals surface area contributed by atoms with E-state index in [1.54, 1.807) is 19.3 Å². The first-order valence-corrected chi connectivity index (χ1v) is 8.09. The van der Waals surface area contributed by atoms with Gasteiger partial charge in [-0.25, -0.2) is 4.39 Å². The van der Waals surface area contributed by atoms with Crippen molar-refractivity contribution < 1.29 is 18.0 Å². The lowest BCUT2D eigenvalue weighted by atomic mass is 10.1. The number of likely N-dealkylation sites (N-methyl/N-ethyl adjacent to an activating group) is 1. The molecule has 25 heavy (non-hydrogen) atoms. The molecule has 6 heteroatoms. The van der Waals surface area contributed by atoms with Crippen LogP contribution in [0.3, 0.4) is 0 Å². The molecule has 0 amide bonds. The lowest BCUT2D eigenvalue weighted by molar-refractivity contribution is 0.0962. The topological polar surface area (TPSA) is 58.6 Å². The van der Waals surface area contributed by atoms with Gasteiger partial charge in [-0.05, 0) is 51.4 Å². The zero-order valence-electron chi connectivity index (χ0n) is 14.5. The van der Waals surface area contributed by atoms with Gasteiger partial charge in [0.15, 0.2) is 5.76 Å². The van der Waals surface area contributed by atoms with Crippen LogP contribution in [0.1, 0.15) is 27.9 Å². The van der Waals surface area contributed by atoms with Crippen LogP contribution < -0.4 is 5.32 Å². The van der Waals surface area contributed by atoms with E-state index in [-0.39, 0.29) is 29.9 Å². The molecule has 0 spiro atoms. The predicted octanol–water partition coefficient (Wildman–Crippen LogP) is 3.55. The van der Waals surface area contributed by atoms with Gasteiger partial charge in [-0.1, -0.05) is 0 Å². The van der Waals surface area contributed by atoms with E-state index in [0.29, 0.717) is 23.1 Å². The van der Waals surface area contributed by atoms with Crippen LogP contribution in [0.2, 0.25) is 0 Å². The molecule has 0 aliphatic heterocycles. The Labute approximate surface area is 145 Å². The third-order valence-corrected chi connectivity index (χ3v) is 4.27. The van der Waals surface area contributed by atoms with Gasteiger partial charge in [0.1, 0.15) is 17.2 Å². The van der Waals surface area contributed by atoms with Gasteiger partial charge in [0.2, 0.25) is 5.78 Å². The molecule has 0 fully saturated rings. The molecule has 0 aliphatic rings. The molecule has 2 heterocycles. The maximum Gasteiger partial charge on any atom is 0.212 e. The molecule has 0 saturated carbocycles. The fourth-order valence-corrected chi connectivity index (χ4v) is 2.88. The summed E-state index contributed by atoms with van der Waals surface area (Å²) in [7, 11) is 3.91. The van der Waals surface area contributed by atoms with E-state index in [2.05, 4.69) is 5.32 Å². The maximum absolute atomic E-state index is 13.4. The third-order valence-electron chi connectivity index (χ3n) is 4.27. The van der Waals surface area contributed by atoms with Gasteiger partial charge in [-0.15, -0.1) is 0 Å². The number of fused-ring (bicyclic) bond motifs is 1. The summed E-state index contributed by atoms with van der Waals surface area (Å²) < 4.78 is 24.4. The number of carbonyl (C=O) groups excluding carboxylic acids is 1. The Morgan fingerprint density at radius 1 is 1.32 bits per heavy atom. The van der Waals surface area contributed by atoms with Crippen LogP contribution in [0.5, 0.6) is 0 Å². The summed E-state index contributed by atoms with van der Waals surface area (Å²) in [6.07, 6.45) is 1.63. The number of Topliss-reactive ketones (excluding diaryl/α,β-unsaturated/α-hetero) is 1. The minimum atomic E-state index is -0.346. The Morgan fingerprint density at radius 2 is 2.12 bits per heavy atom. The van der Waals surface area contributed by atoms with Crippen molar-refractivity contribution in [3.63, 3.8) is 0 Å². The van der Waals surface area contributed by atoms with E-state index in [1.165, 1.54) is 12.1 Å². The number of nitrogens with one attached hydrogen (secondary N) is 1. The van der Waals surface area contributed by atoms with Crippen LogP contribution in [-0.4, -0.2) is 37.9 Å². The molecular weight excluding hydrogens is 323 g/mol. The highest BCUT2D eigenvalue weighted by molar-refractivity contribution is 6.01. The smallest absolute Gasteiger partial charge is 0.212 e. The number of benzene rings is 1. The van der Waals surface area contributed by atoms with Gasteiger partial charge in [0.05, 0.1) is 18.8 Å². The number of hydrogen-bond acceptors (Lipinski definition) is 5. The molecule has 0 bridgehead atoms. The SMILES string of the molecule is Cc1c(C(=O)CNCC(c2ccco2)N(C)C)oc2ccc(F)cc12. The number of ketones is 1. The van der Waals surface area contributed by atoms with Crippen molar-refractivity contribution >= 4 is 16.8 Å². The minimum absolute atomic E-state index is 0.0219. The molecule has 132 valence electrons. The summed E-state index contributed by atoms with van der Waals surface area (Å²) >= 11 is 0. The first kappa shape index (κ1) is 17.4. The molecule has 1 atom stereocenters. The summed E-state index contributed by atoms with van der Waals surface area (Å²) in [6.45, 7) is 2.46. The molecule has 1 N–H and O–H groups in total. The fourth-order valence-electron chi connectivity index (χ4n) is 2.88. The highest BCUT2D eigenvalue weighted by Crippen LogP contribution is 2.26. The zero-order valence-corrected chi connectivity index (χ0v) is 14.5. The average Bonchev–Trinajstić information content (AvgIpc) is 3.20. The van der Waals surface area contributed by atoms with Crippen molar-refractivity contribution in [3.05, 3.63) is 59.5 Å². The first-order valence-electron chi connectivity index (χ1n) is 8.09. The fraction of sp³-hybridized carbons (Fsp3) is 0.316. The van der Waals surface area contributed by atoms with Gasteiger partial charge in [-0.2, -0.15) is 0 Å². The molecule has 3 aromatic rings. The van der Waals surface area contributed by atoms with Crippen LogP contribution in [0.25, 0.3) is 11.0 Å². The molecular formula is C19H21FN2O3. The normalized spacial score (nSPS) is 12.8. The average molecular weight is 344 g/mol. The molecule has 0 radical (unpaired) electrons. The lowest BCUT2D eigenvalue weighted by Crippen LogP contribution is -2.33. The van der Waals surface area contributed by atoms with Crippen molar-refractivity contribution in [1.29, 1.82) is 0 Å². The molecule has 1 unspecified atom stereocenters. The largest absolute Gasteiger partial charge is 0.468 e. The Morgan fingerprint density at radius 3 is 2.80 bits per heavy atom. The number of nitrogens with zero attached hydrogens (tertiary/aromatic N) is 1. The van der Waals surface area contributed by atoms with E-state index < -0.39 is 0 Å². The molecule has 2 aromatic heterocycles. The summed E-state index contributed by atoms with van der Waals surface area (Å²) in [5.74, 6) is 0.597. The molecule has 1 aromatic carbocycles. The Balaban J connectivity index is 1.67. The first-order chi connectivity index (χ1) is 12.0. The Bertz CT molecular complexity index is 868. The van der Waals surface area contributed by atoms with Gasteiger partial charge in [-0.3, -0.25) is 9.69 Å². The number of rotatable bonds is 7. The van der Waals surface area contributed by atoms with Crippen LogP contribution in [0.4, 0.5) is 4.39 Å². The van der Waals surface area contributed by atoms with E-state index in [9.17, 15) is 9.18 Å². The third kappa shape index (κ3) is 3.65. The van der Waals surface area contributed by atoms with E-state index in [4.69, 9.17) is 8.83 Å². The number of carbonyl (C=O) groups is 1. The summed E-state index contributed by atoms with van der Waals surface area (Å²) in [6, 6.07) is 8.02. The number of hydrogen-bond donors (Lipinski definition) is 1. The Hall–Kier alpha value is -2.44. The number of aryl methyl sites for hydroxylation is 1. The van der Waals surface area contributed by atoms with E-state index in [0.717, 1.165) is 5.76 Å². The van der Waals surface area contributed by atoms with Crippen LogP contribution in [-0.2, 0) is 0 Å². The Kier molecular flexibility index (Phi) is 5.01. The van der Waals surface area contributed by atoms with Crippen molar-refractivity contribution in [1.82, 2.24) is 10.2 Å². The van der Waals surface area contributed by atoms with Gasteiger partial charge in [0.25, 0.3) is 0 Å². The van der Waals surface area contributed by atoms with Gasteiger partial charge < -0.3 is 14.2 Å². The van der Waals surface area contributed by atoms with Crippen LogP contribution >= 0.6 is 0 Å². The quantitative estimate of drug-likeness (QED) is 0.664. The number of furan rings is 2. The second-order valence-electron chi connectivity index (χ2n) is 6.25. The predicted molar refractivity (Wildman–Crippen MR) is 93.2 cm³/mol. The molecule has 0 aliphatic carbocycles. The highest BCUT2D eigenvalue weighted by Gasteiger charge is 2.20. The second-order valence-corrected chi connectivity index (χ2v) is 6.25. The highest BCUT2D eigenvalue weighted by atomic mass is 19.1. The summed E-state index contributed by atoms with van der Waals surface area (Å²) in [4.78, 5) is 14.5. The summed E-state index contributed by atoms with van der Waals surface area (Å²) in [5.41, 5.74) is 1.18. The molecule has 3 rings (SSSR count). The van der Waals surface area contributed by atoms with Crippen molar-refractivity contribution in [2.75, 3.05) is 27.2 Å². The zero-order chi connectivity index (χ0) is 18.0. The van der Waals surface area contributed by atoms with Crippen molar-refractivity contribution in [2.24, 2.45) is 0 Å². The van der Waals surface area contributed by atoms with Gasteiger partial charge >= 0.3 is 0 Å². The van der Waals surface area contributed by atoms with Crippen molar-refractivity contribution in [2.45, 2.75) is 13.0 Å². The lowest BCUT2D eigenvalue weighted by Gasteiger charge is -2.22. The van der Waals surface area contributed by atoms with Crippen LogP contribution in [0.15, 0.2) is 45.4 Å². The molecule has 5 nitrogen and oxygen atoms in total. The van der Waals surface area contributed by atoms with Gasteiger partial charge in [0, 0.05) is 17.5 Å². The number of halogens is 1. The maximum atomic E-state index is 13.4. The van der Waals surface area contributed by atoms with E-state index in [1.807, 2.05) is 31.1 Å². The summed E-state index contributed by atoms with van der Waals surface area (Å²) in [5, 5.41) is 3.78. The standard InChI is InChI=1S/C19H21FN2O3/c1-12-14-9-13(20)6-7-17(14)25-19(12)16(23)11-21-10-15(22(2)3)18-5-4-8-24-18/h4-9,15,21H,10-11H2,1-3H3. The molecule has 0 saturated heterocycles. The monoisotopic (exact) mass is 344 g/mol.